The van der Waals surface area contributed by atoms with Crippen molar-refractivity contribution in [2.75, 3.05) is 0 Å². The Morgan fingerprint density at radius 2 is 1.32 bits per heavy atom. The average Bonchev–Trinajstić information content (AvgIpc) is 3.39. The van der Waals surface area contributed by atoms with Crippen molar-refractivity contribution in [1.82, 2.24) is 4.90 Å². The molecule has 25 heavy (non-hydrogen) atoms. The Kier molecular flexibility index (Phi) is 4.16. The van der Waals surface area contributed by atoms with E-state index >= 15 is 0 Å². The van der Waals surface area contributed by atoms with Gasteiger partial charge in [0.1, 0.15) is 5.60 Å². The molecule has 0 amide bonds. The van der Waals surface area contributed by atoms with Gasteiger partial charge in [0.05, 0.1) is 12.1 Å². The maximum atomic E-state index is 11.4. The average molecular weight is 329 g/mol. The van der Waals surface area contributed by atoms with Crippen molar-refractivity contribution in [1.29, 1.82) is 0 Å². The van der Waals surface area contributed by atoms with E-state index in [1.165, 1.54) is 11.1 Å². The van der Waals surface area contributed by atoms with Crippen LogP contribution in [-0.4, -0.2) is 16.0 Å². The Hall–Kier alpha value is -2.42. The number of nitrogens with zero attached hydrogens (tertiary/aromatic N) is 1. The standard InChI is InChI=1S/C23H23NO/c1-23(25,20-15-9-4-10-16-20)22-21(19-13-7-3-8-14-19)24(22)17-18-11-5-2-6-12-18/h2-16,21-22,25H,17H2,1H3/t21-,22-,23+,24?/m0/s1. The molecular formula is C23H23NO. The van der Waals surface area contributed by atoms with Gasteiger partial charge in [0, 0.05) is 6.54 Å². The Bertz CT molecular complexity index is 814. The Morgan fingerprint density at radius 1 is 0.800 bits per heavy atom. The van der Waals surface area contributed by atoms with Crippen LogP contribution in [0.25, 0.3) is 0 Å². The smallest absolute Gasteiger partial charge is 0.104 e. The number of hydrogen-bond donors (Lipinski definition) is 1. The van der Waals surface area contributed by atoms with Crippen molar-refractivity contribution in [2.45, 2.75) is 31.2 Å². The van der Waals surface area contributed by atoms with E-state index in [1.54, 1.807) is 0 Å². The van der Waals surface area contributed by atoms with E-state index in [1.807, 2.05) is 49.4 Å². The molecule has 0 spiro atoms. The molecule has 0 aromatic heterocycles. The van der Waals surface area contributed by atoms with Gasteiger partial charge in [-0.15, -0.1) is 0 Å². The first-order valence-corrected chi connectivity index (χ1v) is 8.80. The van der Waals surface area contributed by atoms with Crippen molar-refractivity contribution in [3.63, 3.8) is 0 Å². The molecule has 1 N–H and O–H groups in total. The molecule has 0 bridgehead atoms. The molecule has 1 unspecified atom stereocenters. The van der Waals surface area contributed by atoms with Gasteiger partial charge in [-0.05, 0) is 23.6 Å². The molecule has 2 nitrogen and oxygen atoms in total. The monoisotopic (exact) mass is 329 g/mol. The highest BCUT2D eigenvalue weighted by atomic mass is 16.3. The molecule has 4 atom stereocenters. The fourth-order valence-corrected chi connectivity index (χ4v) is 3.87. The Labute approximate surface area is 149 Å². The molecular weight excluding hydrogens is 306 g/mol. The minimum atomic E-state index is -0.892. The zero-order chi connectivity index (χ0) is 17.3. The van der Waals surface area contributed by atoms with Crippen molar-refractivity contribution in [3.8, 4) is 0 Å². The lowest BCUT2D eigenvalue weighted by molar-refractivity contribution is 0.0403. The summed E-state index contributed by atoms with van der Waals surface area (Å²) in [6.45, 7) is 2.78. The van der Waals surface area contributed by atoms with Crippen molar-refractivity contribution >= 4 is 0 Å². The topological polar surface area (TPSA) is 23.2 Å². The van der Waals surface area contributed by atoms with Gasteiger partial charge in [0.2, 0.25) is 0 Å². The Morgan fingerprint density at radius 3 is 1.92 bits per heavy atom. The van der Waals surface area contributed by atoms with Crippen molar-refractivity contribution < 1.29 is 5.11 Å². The fraction of sp³-hybridized carbons (Fsp3) is 0.217. The second-order valence-electron chi connectivity index (χ2n) is 6.97. The summed E-state index contributed by atoms with van der Waals surface area (Å²) in [5, 5.41) is 11.4. The molecule has 4 rings (SSSR count). The first-order valence-electron chi connectivity index (χ1n) is 8.80. The molecule has 3 aromatic rings. The maximum Gasteiger partial charge on any atom is 0.104 e. The van der Waals surface area contributed by atoms with Gasteiger partial charge in [-0.3, -0.25) is 4.90 Å². The van der Waals surface area contributed by atoms with E-state index in [-0.39, 0.29) is 12.1 Å². The first-order chi connectivity index (χ1) is 12.2. The first kappa shape index (κ1) is 16.1. The van der Waals surface area contributed by atoms with Gasteiger partial charge in [0.15, 0.2) is 0 Å². The summed E-state index contributed by atoms with van der Waals surface area (Å²) >= 11 is 0. The summed E-state index contributed by atoms with van der Waals surface area (Å²) in [5.41, 5.74) is 2.61. The summed E-state index contributed by atoms with van der Waals surface area (Å²) < 4.78 is 0. The second-order valence-corrected chi connectivity index (χ2v) is 6.97. The number of benzene rings is 3. The minimum Gasteiger partial charge on any atom is -0.384 e. The summed E-state index contributed by atoms with van der Waals surface area (Å²) in [4.78, 5) is 2.39. The highest BCUT2D eigenvalue weighted by Gasteiger charge is 2.57. The highest BCUT2D eigenvalue weighted by Crippen LogP contribution is 2.52. The van der Waals surface area contributed by atoms with Crippen LogP contribution in [0.5, 0.6) is 0 Å². The molecule has 1 aliphatic heterocycles. The number of aliphatic hydroxyl groups is 1. The molecule has 1 heterocycles. The third kappa shape index (κ3) is 3.11. The quantitative estimate of drug-likeness (QED) is 0.696. The lowest BCUT2D eigenvalue weighted by Gasteiger charge is -2.24. The fourth-order valence-electron chi connectivity index (χ4n) is 3.87. The van der Waals surface area contributed by atoms with Crippen molar-refractivity contribution in [3.05, 3.63) is 108 Å². The lowest BCUT2D eigenvalue weighted by atomic mass is 9.89. The zero-order valence-corrected chi connectivity index (χ0v) is 14.4. The molecule has 0 radical (unpaired) electrons. The zero-order valence-electron chi connectivity index (χ0n) is 14.4. The van der Waals surface area contributed by atoms with Gasteiger partial charge in [0.25, 0.3) is 0 Å². The van der Waals surface area contributed by atoms with Crippen LogP contribution in [0.2, 0.25) is 0 Å². The van der Waals surface area contributed by atoms with E-state index in [9.17, 15) is 5.11 Å². The molecule has 126 valence electrons. The summed E-state index contributed by atoms with van der Waals surface area (Å²) in [5.74, 6) is 0. The molecule has 2 heteroatoms. The molecule has 3 aromatic carbocycles. The number of rotatable bonds is 5. The lowest BCUT2D eigenvalue weighted by Crippen LogP contribution is -2.31. The third-order valence-electron chi connectivity index (χ3n) is 5.21. The molecule has 1 fully saturated rings. The van der Waals surface area contributed by atoms with E-state index in [0.29, 0.717) is 0 Å². The van der Waals surface area contributed by atoms with Gasteiger partial charge in [-0.25, -0.2) is 0 Å². The van der Waals surface area contributed by atoms with Crippen LogP contribution in [0.4, 0.5) is 0 Å². The summed E-state index contributed by atoms with van der Waals surface area (Å²) in [7, 11) is 0. The highest BCUT2D eigenvalue weighted by molar-refractivity contribution is 5.35. The SMILES string of the molecule is C[C@@](O)(c1ccccc1)[C@@H]1[C@H](c2ccccc2)N1Cc1ccccc1. The van der Waals surface area contributed by atoms with Crippen LogP contribution in [0.1, 0.15) is 29.7 Å². The molecule has 1 aliphatic rings. The Balaban J connectivity index is 1.66. The van der Waals surface area contributed by atoms with Gasteiger partial charge >= 0.3 is 0 Å². The third-order valence-corrected chi connectivity index (χ3v) is 5.21. The van der Waals surface area contributed by atoms with Crippen LogP contribution in [0.3, 0.4) is 0 Å². The van der Waals surface area contributed by atoms with E-state index < -0.39 is 5.60 Å². The predicted molar refractivity (Wildman–Crippen MR) is 101 cm³/mol. The van der Waals surface area contributed by atoms with E-state index in [2.05, 4.69) is 53.4 Å². The second kappa shape index (κ2) is 6.47. The normalized spacial score (nSPS) is 24.5. The number of hydrogen-bond acceptors (Lipinski definition) is 2. The van der Waals surface area contributed by atoms with Gasteiger partial charge < -0.3 is 5.11 Å². The van der Waals surface area contributed by atoms with Crippen LogP contribution in [0.15, 0.2) is 91.0 Å². The van der Waals surface area contributed by atoms with Crippen LogP contribution in [-0.2, 0) is 12.1 Å². The molecule has 0 saturated carbocycles. The van der Waals surface area contributed by atoms with E-state index in [4.69, 9.17) is 0 Å². The van der Waals surface area contributed by atoms with Gasteiger partial charge in [-0.1, -0.05) is 91.0 Å². The van der Waals surface area contributed by atoms with Crippen LogP contribution in [0, 0.1) is 0 Å². The van der Waals surface area contributed by atoms with Crippen LogP contribution >= 0.6 is 0 Å². The van der Waals surface area contributed by atoms with Gasteiger partial charge in [-0.2, -0.15) is 0 Å². The van der Waals surface area contributed by atoms with Crippen molar-refractivity contribution in [2.24, 2.45) is 0 Å². The predicted octanol–water partition coefficient (Wildman–Crippen LogP) is 4.52. The van der Waals surface area contributed by atoms with Crippen LogP contribution < -0.4 is 0 Å². The minimum absolute atomic E-state index is 0.0671. The maximum absolute atomic E-state index is 11.4. The summed E-state index contributed by atoms with van der Waals surface area (Å²) in [6.07, 6.45) is 0. The molecule has 1 saturated heterocycles. The summed E-state index contributed by atoms with van der Waals surface area (Å²) in [6, 6.07) is 31.3. The van der Waals surface area contributed by atoms with E-state index in [0.717, 1.165) is 12.1 Å². The molecule has 0 aliphatic carbocycles. The largest absolute Gasteiger partial charge is 0.384 e.